The highest BCUT2D eigenvalue weighted by molar-refractivity contribution is 5.69. The fourth-order valence-electron chi connectivity index (χ4n) is 5.72. The second kappa shape index (κ2) is 6.39. The van der Waals surface area contributed by atoms with E-state index in [-0.39, 0.29) is 0 Å². The fourth-order valence-corrected chi connectivity index (χ4v) is 5.72. The molecule has 0 aliphatic heterocycles. The minimum absolute atomic E-state index is 0.791. The number of hydrogen-bond donors (Lipinski definition) is 0. The summed E-state index contributed by atoms with van der Waals surface area (Å²) in [5.41, 5.74) is 7.42. The minimum atomic E-state index is 0.791. The molecule has 4 atom stereocenters. The Morgan fingerprint density at radius 1 is 0.833 bits per heavy atom. The quantitative estimate of drug-likeness (QED) is 0.565. The summed E-state index contributed by atoms with van der Waals surface area (Å²) in [7, 11) is 0. The van der Waals surface area contributed by atoms with Crippen LogP contribution in [0.15, 0.2) is 42.5 Å². The summed E-state index contributed by atoms with van der Waals surface area (Å²) in [4.78, 5) is 0. The third-order valence-corrected chi connectivity index (χ3v) is 6.99. The highest BCUT2D eigenvalue weighted by Crippen LogP contribution is 2.54. The summed E-state index contributed by atoms with van der Waals surface area (Å²) in [5.74, 6) is 3.57. The Kier molecular flexibility index (Phi) is 4.24. The maximum absolute atomic E-state index is 2.50. The predicted octanol–water partition coefficient (Wildman–Crippen LogP) is 6.90. The van der Waals surface area contributed by atoms with E-state index in [1.165, 1.54) is 48.8 Å². The second-order valence-electron chi connectivity index (χ2n) is 8.27. The maximum Gasteiger partial charge on any atom is -0.0102 e. The van der Waals surface area contributed by atoms with Gasteiger partial charge in [0.2, 0.25) is 0 Å². The molecule has 2 saturated carbocycles. The lowest BCUT2D eigenvalue weighted by Crippen LogP contribution is -2.20. The first-order valence-electron chi connectivity index (χ1n) is 9.82. The summed E-state index contributed by atoms with van der Waals surface area (Å²) in [6, 6.07) is 15.7. The molecule has 4 rings (SSSR count). The van der Waals surface area contributed by atoms with Crippen LogP contribution in [0.3, 0.4) is 0 Å². The van der Waals surface area contributed by atoms with Crippen molar-refractivity contribution in [1.29, 1.82) is 0 Å². The molecule has 0 unspecified atom stereocenters. The summed E-state index contributed by atoms with van der Waals surface area (Å²) in [6.45, 7) is 7.18. The van der Waals surface area contributed by atoms with Crippen LogP contribution in [0.2, 0.25) is 0 Å². The van der Waals surface area contributed by atoms with Crippen LogP contribution in [0, 0.1) is 31.6 Å². The molecule has 2 fully saturated rings. The molecule has 24 heavy (non-hydrogen) atoms. The van der Waals surface area contributed by atoms with Gasteiger partial charge in [-0.3, -0.25) is 0 Å². The molecule has 2 aliphatic carbocycles. The van der Waals surface area contributed by atoms with Crippen molar-refractivity contribution in [1.82, 2.24) is 0 Å². The average molecular weight is 319 g/mol. The Morgan fingerprint density at radius 3 is 2.38 bits per heavy atom. The molecular weight excluding hydrogens is 288 g/mol. The summed E-state index contributed by atoms with van der Waals surface area (Å²) in [5, 5.41) is 0. The molecular formula is C24H30. The molecule has 2 aliphatic rings. The van der Waals surface area contributed by atoms with Gasteiger partial charge in [-0.2, -0.15) is 0 Å². The fraction of sp³-hybridized carbons (Fsp3) is 0.500. The highest BCUT2D eigenvalue weighted by Gasteiger charge is 2.43. The highest BCUT2D eigenvalue weighted by atomic mass is 14.5. The Balaban J connectivity index is 1.73. The Hall–Kier alpha value is -1.56. The van der Waals surface area contributed by atoms with Gasteiger partial charge in [0.1, 0.15) is 0 Å². The van der Waals surface area contributed by atoms with Crippen molar-refractivity contribution in [2.75, 3.05) is 0 Å². The van der Waals surface area contributed by atoms with Crippen LogP contribution in [0.25, 0.3) is 11.1 Å². The van der Waals surface area contributed by atoms with Gasteiger partial charge in [0.15, 0.2) is 0 Å². The Labute approximate surface area is 147 Å². The van der Waals surface area contributed by atoms with E-state index < -0.39 is 0 Å². The molecule has 0 nitrogen and oxygen atoms in total. The van der Waals surface area contributed by atoms with E-state index in [0.29, 0.717) is 0 Å². The molecule has 2 aromatic carbocycles. The lowest BCUT2D eigenvalue weighted by molar-refractivity contribution is 0.258. The molecule has 0 N–H and O–H groups in total. The largest absolute Gasteiger partial charge is 0.0622 e. The van der Waals surface area contributed by atoms with Crippen LogP contribution in [0.1, 0.15) is 61.6 Å². The van der Waals surface area contributed by atoms with E-state index in [2.05, 4.69) is 63.2 Å². The molecule has 0 heterocycles. The van der Waals surface area contributed by atoms with Crippen molar-refractivity contribution < 1.29 is 0 Å². The molecule has 0 spiro atoms. The Bertz CT molecular complexity index is 712. The third kappa shape index (κ3) is 2.61. The number of benzene rings is 2. The molecule has 0 heteroatoms. The van der Waals surface area contributed by atoms with Crippen molar-refractivity contribution in [3.8, 4) is 11.1 Å². The van der Waals surface area contributed by atoms with Gasteiger partial charge in [-0.1, -0.05) is 68.7 Å². The van der Waals surface area contributed by atoms with E-state index in [1.807, 2.05) is 0 Å². The SMILES string of the molecule is Cc1c(-c2ccccc2)ccc([C@@H]2[C@@H]3CCCC[C@@H]3C[C@@H]2C)c1C. The van der Waals surface area contributed by atoms with Gasteiger partial charge in [-0.05, 0) is 78.2 Å². The van der Waals surface area contributed by atoms with Gasteiger partial charge in [0, 0.05) is 0 Å². The van der Waals surface area contributed by atoms with Crippen LogP contribution >= 0.6 is 0 Å². The lowest BCUT2D eigenvalue weighted by Gasteiger charge is -2.31. The van der Waals surface area contributed by atoms with E-state index in [0.717, 1.165) is 23.7 Å². The second-order valence-corrected chi connectivity index (χ2v) is 8.27. The van der Waals surface area contributed by atoms with Crippen LogP contribution in [0.4, 0.5) is 0 Å². The van der Waals surface area contributed by atoms with Crippen LogP contribution in [-0.4, -0.2) is 0 Å². The van der Waals surface area contributed by atoms with Gasteiger partial charge in [0.05, 0.1) is 0 Å². The number of hydrogen-bond acceptors (Lipinski definition) is 0. The van der Waals surface area contributed by atoms with E-state index >= 15 is 0 Å². The minimum Gasteiger partial charge on any atom is -0.0622 e. The van der Waals surface area contributed by atoms with Crippen molar-refractivity contribution in [3.05, 3.63) is 59.2 Å². The molecule has 126 valence electrons. The lowest BCUT2D eigenvalue weighted by atomic mass is 9.73. The molecule has 0 amide bonds. The molecule has 0 radical (unpaired) electrons. The molecule has 0 saturated heterocycles. The van der Waals surface area contributed by atoms with Gasteiger partial charge < -0.3 is 0 Å². The predicted molar refractivity (Wildman–Crippen MR) is 103 cm³/mol. The number of rotatable bonds is 2. The van der Waals surface area contributed by atoms with Gasteiger partial charge >= 0.3 is 0 Å². The zero-order valence-corrected chi connectivity index (χ0v) is 15.4. The summed E-state index contributed by atoms with van der Waals surface area (Å²) < 4.78 is 0. The van der Waals surface area contributed by atoms with Gasteiger partial charge in [-0.15, -0.1) is 0 Å². The molecule has 0 aromatic heterocycles. The monoisotopic (exact) mass is 318 g/mol. The van der Waals surface area contributed by atoms with Crippen LogP contribution in [0.5, 0.6) is 0 Å². The van der Waals surface area contributed by atoms with E-state index in [1.54, 1.807) is 11.1 Å². The summed E-state index contributed by atoms with van der Waals surface area (Å²) >= 11 is 0. The first-order chi connectivity index (χ1) is 11.7. The van der Waals surface area contributed by atoms with Crippen molar-refractivity contribution >= 4 is 0 Å². The molecule has 0 bridgehead atoms. The third-order valence-electron chi connectivity index (χ3n) is 6.99. The zero-order valence-electron chi connectivity index (χ0n) is 15.4. The van der Waals surface area contributed by atoms with Crippen molar-refractivity contribution in [2.45, 2.75) is 58.8 Å². The summed E-state index contributed by atoms with van der Waals surface area (Å²) in [6.07, 6.45) is 7.30. The van der Waals surface area contributed by atoms with E-state index in [9.17, 15) is 0 Å². The van der Waals surface area contributed by atoms with Crippen LogP contribution in [-0.2, 0) is 0 Å². The smallest absolute Gasteiger partial charge is 0.0102 e. The topological polar surface area (TPSA) is 0 Å². The van der Waals surface area contributed by atoms with Gasteiger partial charge in [0.25, 0.3) is 0 Å². The van der Waals surface area contributed by atoms with Crippen molar-refractivity contribution in [3.63, 3.8) is 0 Å². The first kappa shape index (κ1) is 15.9. The standard InChI is InChI=1S/C24H30/c1-16-15-20-11-7-8-12-23(20)24(16)22-14-13-21(17(2)18(22)3)19-9-5-4-6-10-19/h4-6,9-10,13-14,16,20,23-24H,7-8,11-12,15H2,1-3H3/t16-,20+,23+,24+/m0/s1. The van der Waals surface area contributed by atoms with Crippen LogP contribution < -0.4 is 0 Å². The maximum atomic E-state index is 2.50. The molecule has 2 aromatic rings. The number of fused-ring (bicyclic) bond motifs is 1. The Morgan fingerprint density at radius 2 is 1.58 bits per heavy atom. The van der Waals surface area contributed by atoms with Crippen molar-refractivity contribution in [2.24, 2.45) is 17.8 Å². The van der Waals surface area contributed by atoms with E-state index in [4.69, 9.17) is 0 Å². The normalized spacial score (nSPS) is 29.5. The van der Waals surface area contributed by atoms with Gasteiger partial charge in [-0.25, -0.2) is 0 Å². The zero-order chi connectivity index (χ0) is 16.7. The average Bonchev–Trinajstić information content (AvgIpc) is 2.94. The first-order valence-corrected chi connectivity index (χ1v) is 9.82.